The Balaban J connectivity index is 1.74. The van der Waals surface area contributed by atoms with Crippen molar-refractivity contribution in [2.45, 2.75) is 51.1 Å². The second-order valence-corrected chi connectivity index (χ2v) is 7.17. The van der Waals surface area contributed by atoms with Crippen LogP contribution in [0.1, 0.15) is 44.1 Å². The topological polar surface area (TPSA) is 49.4 Å². The summed E-state index contributed by atoms with van der Waals surface area (Å²) >= 11 is 6.00. The molecule has 2 atom stereocenters. The van der Waals surface area contributed by atoms with E-state index in [2.05, 4.69) is 5.32 Å². The van der Waals surface area contributed by atoms with Gasteiger partial charge in [-0.1, -0.05) is 36.6 Å². The van der Waals surface area contributed by atoms with Gasteiger partial charge in [0.2, 0.25) is 11.8 Å². The molecule has 1 N–H and O–H groups in total. The zero-order valence-electron chi connectivity index (χ0n) is 13.5. The van der Waals surface area contributed by atoms with Gasteiger partial charge in [0.1, 0.15) is 0 Å². The Hall–Kier alpha value is -1.55. The van der Waals surface area contributed by atoms with Gasteiger partial charge in [-0.2, -0.15) is 0 Å². The molecule has 1 aromatic rings. The van der Waals surface area contributed by atoms with Crippen LogP contribution in [0, 0.1) is 5.41 Å². The molecule has 0 spiro atoms. The van der Waals surface area contributed by atoms with Crippen molar-refractivity contribution in [2.75, 3.05) is 7.05 Å². The molecule has 0 unspecified atom stereocenters. The molecule has 4 nitrogen and oxygen atoms in total. The van der Waals surface area contributed by atoms with Crippen LogP contribution in [-0.2, 0) is 16.1 Å². The van der Waals surface area contributed by atoms with E-state index in [-0.39, 0.29) is 17.9 Å². The van der Waals surface area contributed by atoms with Crippen LogP contribution >= 0.6 is 11.6 Å². The van der Waals surface area contributed by atoms with E-state index >= 15 is 0 Å². The third-order valence-electron chi connectivity index (χ3n) is 5.43. The highest BCUT2D eigenvalue weighted by molar-refractivity contribution is 6.30. The van der Waals surface area contributed by atoms with E-state index in [1.807, 2.05) is 36.2 Å². The number of nitrogens with one attached hydrogen (secondary N) is 1. The summed E-state index contributed by atoms with van der Waals surface area (Å²) in [5.74, 6) is 0.247. The highest BCUT2D eigenvalue weighted by atomic mass is 35.5. The molecule has 1 heterocycles. The summed E-state index contributed by atoms with van der Waals surface area (Å²) in [6, 6.07) is 7.58. The number of hydrogen-bond acceptors (Lipinski definition) is 2. The predicted octanol–water partition coefficient (Wildman–Crippen LogP) is 3.14. The fourth-order valence-electron chi connectivity index (χ4n) is 4.14. The van der Waals surface area contributed by atoms with E-state index in [1.165, 1.54) is 0 Å². The van der Waals surface area contributed by atoms with Gasteiger partial charge < -0.3 is 10.2 Å². The minimum atomic E-state index is -0.417. The van der Waals surface area contributed by atoms with E-state index in [1.54, 1.807) is 0 Å². The zero-order chi connectivity index (χ0) is 16.4. The molecule has 1 aromatic carbocycles. The molecule has 23 heavy (non-hydrogen) atoms. The molecule has 1 aliphatic carbocycles. The lowest BCUT2D eigenvalue weighted by molar-refractivity contribution is -0.153. The second-order valence-electron chi connectivity index (χ2n) is 6.73. The highest BCUT2D eigenvalue weighted by Gasteiger charge is 2.52. The van der Waals surface area contributed by atoms with Gasteiger partial charge >= 0.3 is 0 Å². The number of amides is 2. The number of carbonyl (C=O) groups excluding carboxylic acids is 2. The van der Waals surface area contributed by atoms with Crippen molar-refractivity contribution >= 4 is 23.4 Å². The summed E-state index contributed by atoms with van der Waals surface area (Å²) in [7, 11) is 1.84. The summed E-state index contributed by atoms with van der Waals surface area (Å²) < 4.78 is 0. The third-order valence-corrected chi connectivity index (χ3v) is 5.66. The number of likely N-dealkylation sites (tertiary alicyclic amines) is 1. The molecular formula is C18H23ClN2O2. The maximum atomic E-state index is 13.0. The molecule has 2 fully saturated rings. The summed E-state index contributed by atoms with van der Waals surface area (Å²) in [4.78, 5) is 26.8. The van der Waals surface area contributed by atoms with Crippen LogP contribution in [0.15, 0.2) is 24.3 Å². The van der Waals surface area contributed by atoms with E-state index < -0.39 is 5.41 Å². The fraction of sp³-hybridized carbons (Fsp3) is 0.556. The fourth-order valence-corrected chi connectivity index (χ4v) is 4.35. The first-order valence-corrected chi connectivity index (χ1v) is 8.69. The second kappa shape index (κ2) is 6.52. The standard InChI is InChI=1S/C18H23ClN2O2/c1-21-15-7-2-3-9-18(15,10-8-16(21)22)17(23)20-12-13-5-4-6-14(19)11-13/h4-6,11,15H,2-3,7-10,12H2,1H3,(H,20,23)/t15-,18-/m1/s1. The Morgan fingerprint density at radius 1 is 1.39 bits per heavy atom. The summed E-state index contributed by atoms with van der Waals surface area (Å²) in [6.45, 7) is 0.478. The van der Waals surface area contributed by atoms with Crippen molar-refractivity contribution in [1.29, 1.82) is 0 Å². The molecule has 1 aliphatic heterocycles. The Bertz CT molecular complexity index is 619. The Kier molecular flexibility index (Phi) is 4.62. The van der Waals surface area contributed by atoms with Crippen LogP contribution in [0.25, 0.3) is 0 Å². The lowest BCUT2D eigenvalue weighted by Gasteiger charge is -2.50. The largest absolute Gasteiger partial charge is 0.351 e. The van der Waals surface area contributed by atoms with Gasteiger partial charge in [-0.25, -0.2) is 0 Å². The molecule has 5 heteroatoms. The van der Waals surface area contributed by atoms with Gasteiger partial charge in [-0.15, -0.1) is 0 Å². The number of nitrogens with zero attached hydrogens (tertiary/aromatic N) is 1. The first-order valence-electron chi connectivity index (χ1n) is 8.31. The molecular weight excluding hydrogens is 312 g/mol. The number of benzene rings is 1. The number of piperidine rings is 1. The van der Waals surface area contributed by atoms with Crippen LogP contribution in [0.3, 0.4) is 0 Å². The van der Waals surface area contributed by atoms with Crippen molar-refractivity contribution in [2.24, 2.45) is 5.41 Å². The Labute approximate surface area is 142 Å². The van der Waals surface area contributed by atoms with Gasteiger partial charge in [0, 0.05) is 31.1 Å². The van der Waals surface area contributed by atoms with Gasteiger partial charge in [0.15, 0.2) is 0 Å². The highest BCUT2D eigenvalue weighted by Crippen LogP contribution is 2.46. The Morgan fingerprint density at radius 2 is 2.22 bits per heavy atom. The first kappa shape index (κ1) is 16.3. The van der Waals surface area contributed by atoms with Gasteiger partial charge in [0.25, 0.3) is 0 Å². The molecule has 2 aliphatic rings. The van der Waals surface area contributed by atoms with Crippen molar-refractivity contribution < 1.29 is 9.59 Å². The molecule has 3 rings (SSSR count). The summed E-state index contributed by atoms with van der Waals surface area (Å²) in [5, 5.41) is 3.76. The number of carbonyl (C=O) groups is 2. The van der Waals surface area contributed by atoms with Crippen molar-refractivity contribution in [3.63, 3.8) is 0 Å². The minimum absolute atomic E-state index is 0.0388. The Morgan fingerprint density at radius 3 is 3.00 bits per heavy atom. The van der Waals surface area contributed by atoms with Crippen molar-refractivity contribution in [1.82, 2.24) is 10.2 Å². The summed E-state index contributed by atoms with van der Waals surface area (Å²) in [6.07, 6.45) is 5.08. The molecule has 1 saturated heterocycles. The first-order chi connectivity index (χ1) is 11.0. The molecule has 0 bridgehead atoms. The lowest BCUT2D eigenvalue weighted by atomic mass is 9.64. The van der Waals surface area contributed by atoms with E-state index in [0.717, 1.165) is 31.2 Å². The van der Waals surface area contributed by atoms with Crippen LogP contribution < -0.4 is 5.32 Å². The van der Waals surface area contributed by atoms with Crippen molar-refractivity contribution in [3.8, 4) is 0 Å². The zero-order valence-corrected chi connectivity index (χ0v) is 14.2. The number of rotatable bonds is 3. The monoisotopic (exact) mass is 334 g/mol. The average molecular weight is 335 g/mol. The average Bonchev–Trinajstić information content (AvgIpc) is 2.56. The number of hydrogen-bond donors (Lipinski definition) is 1. The molecule has 124 valence electrons. The third kappa shape index (κ3) is 3.09. The molecule has 0 aromatic heterocycles. The predicted molar refractivity (Wildman–Crippen MR) is 90.0 cm³/mol. The van der Waals surface area contributed by atoms with Crippen LogP contribution in [-0.4, -0.2) is 29.8 Å². The van der Waals surface area contributed by atoms with E-state index in [4.69, 9.17) is 11.6 Å². The van der Waals surface area contributed by atoms with Gasteiger partial charge in [0.05, 0.1) is 5.41 Å². The lowest BCUT2D eigenvalue weighted by Crippen LogP contribution is -2.60. The SMILES string of the molecule is CN1C(=O)CC[C@]2(C(=O)NCc3cccc(Cl)c3)CCCC[C@@H]12. The molecule has 2 amide bonds. The maximum absolute atomic E-state index is 13.0. The molecule has 1 saturated carbocycles. The number of halogens is 1. The van der Waals surface area contributed by atoms with Crippen LogP contribution in [0.4, 0.5) is 0 Å². The summed E-state index contributed by atoms with van der Waals surface area (Å²) in [5.41, 5.74) is 0.578. The number of fused-ring (bicyclic) bond motifs is 1. The maximum Gasteiger partial charge on any atom is 0.228 e. The van der Waals surface area contributed by atoms with Gasteiger partial charge in [-0.05, 0) is 37.0 Å². The molecule has 0 radical (unpaired) electrons. The van der Waals surface area contributed by atoms with E-state index in [0.29, 0.717) is 24.4 Å². The minimum Gasteiger partial charge on any atom is -0.351 e. The van der Waals surface area contributed by atoms with Crippen molar-refractivity contribution in [3.05, 3.63) is 34.9 Å². The van der Waals surface area contributed by atoms with Gasteiger partial charge in [-0.3, -0.25) is 9.59 Å². The van der Waals surface area contributed by atoms with Crippen LogP contribution in [0.2, 0.25) is 5.02 Å². The normalized spacial score (nSPS) is 27.5. The quantitative estimate of drug-likeness (QED) is 0.923. The smallest absolute Gasteiger partial charge is 0.228 e. The van der Waals surface area contributed by atoms with Crippen LogP contribution in [0.5, 0.6) is 0 Å². The van der Waals surface area contributed by atoms with E-state index in [9.17, 15) is 9.59 Å².